The Hall–Kier alpha value is -2.87. The number of carbonyl (C=O) groups excluding carboxylic acids is 1. The smallest absolute Gasteiger partial charge is 0.423 e. The van der Waals surface area contributed by atoms with Crippen LogP contribution in [0.3, 0.4) is 0 Å². The van der Waals surface area contributed by atoms with Crippen LogP contribution in [-0.2, 0) is 29.2 Å². The molecule has 0 fully saturated rings. The van der Waals surface area contributed by atoms with Crippen molar-refractivity contribution >= 4 is 23.4 Å². The molecule has 1 amide bonds. The summed E-state index contributed by atoms with van der Waals surface area (Å²) in [5.41, 5.74) is -10.5. The summed E-state index contributed by atoms with van der Waals surface area (Å²) in [4.78, 5) is 11.8. The van der Waals surface area contributed by atoms with Crippen LogP contribution in [0.2, 0.25) is 5.02 Å². The Labute approximate surface area is 215 Å². The molecule has 0 aliphatic carbocycles. The van der Waals surface area contributed by atoms with Crippen molar-refractivity contribution in [2.45, 2.75) is 57.0 Å². The minimum atomic E-state index is -5.69. The van der Waals surface area contributed by atoms with Gasteiger partial charge in [-0.25, -0.2) is 4.79 Å². The molecule has 0 bridgehead atoms. The maximum atomic E-state index is 13.9. The summed E-state index contributed by atoms with van der Waals surface area (Å²) in [6, 6.07) is 2.84. The van der Waals surface area contributed by atoms with E-state index in [1.165, 1.54) is 12.1 Å². The van der Waals surface area contributed by atoms with E-state index in [0.29, 0.717) is 5.56 Å². The van der Waals surface area contributed by atoms with Gasteiger partial charge in [0.05, 0.1) is 17.7 Å². The number of aliphatic hydroxyl groups is 1. The standard InChI is InChI=1S/C23H22ClF9N2O3/c1-19(2,3)38-18(36)34-10-12-4-5-16(9-17(12)24)35-11-20(37,23(31,32)33)13-6-14(21(25,26)27)8-15(7-13)22(28,29)30/h4-9,35,37H,10-11H2,1-3H3,(H,34,36)/t20-/m1/s1. The van der Waals surface area contributed by atoms with Gasteiger partial charge in [-0.3, -0.25) is 0 Å². The van der Waals surface area contributed by atoms with E-state index in [9.17, 15) is 49.4 Å². The average Bonchev–Trinajstić information content (AvgIpc) is 2.73. The second-order valence-electron chi connectivity index (χ2n) is 9.17. The Balaban J connectivity index is 2.34. The molecule has 38 heavy (non-hydrogen) atoms. The van der Waals surface area contributed by atoms with Gasteiger partial charge in [0.15, 0.2) is 0 Å². The molecule has 2 rings (SSSR count). The van der Waals surface area contributed by atoms with E-state index < -0.39 is 59.1 Å². The van der Waals surface area contributed by atoms with Crippen molar-refractivity contribution in [3.05, 3.63) is 63.7 Å². The number of ether oxygens (including phenoxy) is 1. The van der Waals surface area contributed by atoms with Crippen LogP contribution in [0.4, 0.5) is 50.0 Å². The number of hydrogen-bond acceptors (Lipinski definition) is 4. The van der Waals surface area contributed by atoms with Crippen molar-refractivity contribution in [2.75, 3.05) is 11.9 Å². The number of benzene rings is 2. The third-order valence-corrected chi connectivity index (χ3v) is 5.31. The Morgan fingerprint density at radius 2 is 1.37 bits per heavy atom. The highest BCUT2D eigenvalue weighted by molar-refractivity contribution is 6.31. The molecule has 2 aromatic rings. The van der Waals surface area contributed by atoms with Gasteiger partial charge >= 0.3 is 24.6 Å². The number of alkyl carbamates (subject to hydrolysis) is 1. The lowest BCUT2D eigenvalue weighted by Crippen LogP contribution is -2.48. The first-order chi connectivity index (χ1) is 17.0. The third kappa shape index (κ3) is 8.06. The lowest BCUT2D eigenvalue weighted by molar-refractivity contribution is -0.261. The summed E-state index contributed by atoms with van der Waals surface area (Å²) in [6.45, 7) is 3.20. The quantitative estimate of drug-likeness (QED) is 0.315. The molecule has 0 saturated heterocycles. The number of rotatable bonds is 6. The zero-order chi connectivity index (χ0) is 29.3. The monoisotopic (exact) mass is 580 g/mol. The predicted molar refractivity (Wildman–Crippen MR) is 119 cm³/mol. The molecule has 3 N–H and O–H groups in total. The number of carbonyl (C=O) groups is 1. The lowest BCUT2D eigenvalue weighted by atomic mass is 9.89. The van der Waals surface area contributed by atoms with Crippen molar-refractivity contribution in [3.8, 4) is 0 Å². The molecule has 0 spiro atoms. The minimum Gasteiger partial charge on any atom is -0.444 e. The molecule has 0 aliphatic rings. The van der Waals surface area contributed by atoms with E-state index in [2.05, 4.69) is 10.6 Å². The number of anilines is 1. The number of nitrogens with one attached hydrogen (secondary N) is 2. The van der Waals surface area contributed by atoms with Gasteiger partial charge in [-0.15, -0.1) is 0 Å². The van der Waals surface area contributed by atoms with Crippen LogP contribution in [-0.4, -0.2) is 29.5 Å². The number of hydrogen-bond donors (Lipinski definition) is 3. The molecule has 2 aromatic carbocycles. The van der Waals surface area contributed by atoms with E-state index in [0.717, 1.165) is 6.07 Å². The zero-order valence-electron chi connectivity index (χ0n) is 19.9. The Morgan fingerprint density at radius 1 is 0.868 bits per heavy atom. The number of amides is 1. The molecule has 0 saturated carbocycles. The molecule has 212 valence electrons. The number of alkyl halides is 9. The summed E-state index contributed by atoms with van der Waals surface area (Å²) in [6.07, 6.45) is -17.3. The second kappa shape index (κ2) is 10.7. The van der Waals surface area contributed by atoms with Crippen LogP contribution >= 0.6 is 11.6 Å². The molecular weight excluding hydrogens is 559 g/mol. The first-order valence-corrected chi connectivity index (χ1v) is 11.0. The van der Waals surface area contributed by atoms with Gasteiger partial charge in [0, 0.05) is 17.3 Å². The van der Waals surface area contributed by atoms with Crippen molar-refractivity contribution in [3.63, 3.8) is 0 Å². The summed E-state index contributed by atoms with van der Waals surface area (Å²) in [5, 5.41) is 14.9. The molecular formula is C23H22ClF9N2O3. The van der Waals surface area contributed by atoms with E-state index >= 15 is 0 Å². The van der Waals surface area contributed by atoms with Crippen LogP contribution in [0, 0.1) is 0 Å². The normalized spacial score (nSPS) is 14.6. The fraction of sp³-hybridized carbons (Fsp3) is 0.435. The highest BCUT2D eigenvalue weighted by atomic mass is 35.5. The van der Waals surface area contributed by atoms with Crippen molar-refractivity contribution in [1.29, 1.82) is 0 Å². The molecule has 0 radical (unpaired) electrons. The fourth-order valence-corrected chi connectivity index (χ4v) is 3.32. The SMILES string of the molecule is CC(C)(C)OC(=O)NCc1ccc(NC[C@@](O)(c2cc(C(F)(F)F)cc(C(F)(F)F)c2)C(F)(F)F)cc1Cl. The highest BCUT2D eigenvalue weighted by Gasteiger charge is 2.56. The van der Waals surface area contributed by atoms with Crippen molar-refractivity contribution in [2.24, 2.45) is 0 Å². The van der Waals surface area contributed by atoms with Gasteiger partial charge < -0.3 is 20.5 Å². The third-order valence-electron chi connectivity index (χ3n) is 4.96. The summed E-state index contributed by atoms with van der Waals surface area (Å²) in [7, 11) is 0. The van der Waals surface area contributed by atoms with Crippen LogP contribution in [0.25, 0.3) is 0 Å². The predicted octanol–water partition coefficient (Wildman–Crippen LogP) is 7.26. The van der Waals surface area contributed by atoms with Crippen LogP contribution in [0.15, 0.2) is 36.4 Å². The topological polar surface area (TPSA) is 70.6 Å². The second-order valence-corrected chi connectivity index (χ2v) is 9.57. The summed E-state index contributed by atoms with van der Waals surface area (Å²) >= 11 is 6.08. The first-order valence-electron chi connectivity index (χ1n) is 10.6. The highest BCUT2D eigenvalue weighted by Crippen LogP contribution is 2.44. The van der Waals surface area contributed by atoms with Crippen LogP contribution < -0.4 is 10.6 Å². The lowest BCUT2D eigenvalue weighted by Gasteiger charge is -2.32. The number of halogens is 10. The first kappa shape index (κ1) is 31.3. The molecule has 0 heterocycles. The Morgan fingerprint density at radius 3 is 1.79 bits per heavy atom. The molecule has 1 atom stereocenters. The molecule has 5 nitrogen and oxygen atoms in total. The Kier molecular flexibility index (Phi) is 8.84. The van der Waals surface area contributed by atoms with Crippen molar-refractivity contribution < 1.29 is 54.2 Å². The molecule has 0 aromatic heterocycles. The van der Waals surface area contributed by atoms with Gasteiger partial charge in [-0.2, -0.15) is 39.5 Å². The molecule has 15 heteroatoms. The van der Waals surface area contributed by atoms with E-state index in [4.69, 9.17) is 16.3 Å². The van der Waals surface area contributed by atoms with E-state index in [-0.39, 0.29) is 35.5 Å². The van der Waals surface area contributed by atoms with Gasteiger partial charge in [0.25, 0.3) is 0 Å². The van der Waals surface area contributed by atoms with Crippen LogP contribution in [0.5, 0.6) is 0 Å². The fourth-order valence-electron chi connectivity index (χ4n) is 3.07. The maximum absolute atomic E-state index is 13.9. The van der Waals surface area contributed by atoms with E-state index in [1.54, 1.807) is 20.8 Å². The van der Waals surface area contributed by atoms with Crippen molar-refractivity contribution in [1.82, 2.24) is 5.32 Å². The largest absolute Gasteiger partial charge is 0.444 e. The molecule has 0 aliphatic heterocycles. The average molecular weight is 581 g/mol. The van der Waals surface area contributed by atoms with Gasteiger partial charge in [-0.05, 0) is 62.2 Å². The Bertz CT molecular complexity index is 1130. The van der Waals surface area contributed by atoms with E-state index in [1.807, 2.05) is 0 Å². The molecule has 0 unspecified atom stereocenters. The van der Waals surface area contributed by atoms with Gasteiger partial charge in [-0.1, -0.05) is 17.7 Å². The summed E-state index contributed by atoms with van der Waals surface area (Å²) < 4.78 is 126. The maximum Gasteiger partial charge on any atom is 0.423 e. The minimum absolute atomic E-state index is 0.0555. The summed E-state index contributed by atoms with van der Waals surface area (Å²) in [5.74, 6) is 0. The van der Waals surface area contributed by atoms with Gasteiger partial charge in [0.2, 0.25) is 5.60 Å². The van der Waals surface area contributed by atoms with Crippen LogP contribution in [0.1, 0.15) is 43.0 Å². The zero-order valence-corrected chi connectivity index (χ0v) is 20.7. The van der Waals surface area contributed by atoms with Gasteiger partial charge in [0.1, 0.15) is 5.60 Å².